The maximum atomic E-state index is 13.2. The Morgan fingerprint density at radius 2 is 1.29 bits per heavy atom. The zero-order valence-corrected chi connectivity index (χ0v) is 30.4. The zero-order valence-electron chi connectivity index (χ0n) is 30.4. The summed E-state index contributed by atoms with van der Waals surface area (Å²) >= 11 is 0. The van der Waals surface area contributed by atoms with Gasteiger partial charge in [-0.25, -0.2) is 14.8 Å². The SMILES string of the molecule is C[C@H](NC(=O)[C@@H](NC(=O)[C@@H](NC(=O)CNC(=O)[C@H](Cc1cnc[nH]1)NC(=O)[C@@H](N)Cc1cnc[nH]1)[C@@H](C)O)[C@@H](C)O)C(=O)N[C@@H](CCCN=C(N)N)C(=O)O. The maximum Gasteiger partial charge on any atom is 0.326 e. The molecule has 0 radical (unpaired) electrons. The molecule has 304 valence electrons. The fourth-order valence-electron chi connectivity index (χ4n) is 4.83. The minimum atomic E-state index is -1.71. The van der Waals surface area contributed by atoms with Gasteiger partial charge in [0.1, 0.15) is 30.2 Å². The number of nitrogens with zero attached hydrogens (tertiary/aromatic N) is 3. The summed E-state index contributed by atoms with van der Waals surface area (Å²) in [5.41, 5.74) is 17.5. The topological polar surface area (TPSA) is 400 Å². The van der Waals surface area contributed by atoms with Gasteiger partial charge in [0.2, 0.25) is 35.4 Å². The number of aliphatic hydroxyl groups excluding tert-OH is 2. The Balaban J connectivity index is 2.00. The Kier molecular flexibility index (Phi) is 18.1. The molecule has 17 N–H and O–H groups in total. The van der Waals surface area contributed by atoms with Gasteiger partial charge in [0, 0.05) is 43.2 Å². The van der Waals surface area contributed by atoms with Gasteiger partial charge in [0.15, 0.2) is 5.96 Å². The minimum absolute atomic E-state index is 0.0364. The second kappa shape index (κ2) is 22.2. The summed E-state index contributed by atoms with van der Waals surface area (Å²) in [6, 6.07) is -8.36. The highest BCUT2D eigenvalue weighted by Crippen LogP contribution is 2.04. The van der Waals surface area contributed by atoms with Crippen LogP contribution in [0.4, 0.5) is 0 Å². The van der Waals surface area contributed by atoms with E-state index in [1.165, 1.54) is 32.0 Å². The van der Waals surface area contributed by atoms with Crippen molar-refractivity contribution in [1.82, 2.24) is 51.8 Å². The van der Waals surface area contributed by atoms with E-state index in [4.69, 9.17) is 17.2 Å². The van der Waals surface area contributed by atoms with Gasteiger partial charge >= 0.3 is 5.97 Å². The number of aliphatic imine (C=N–C) groups is 1. The van der Waals surface area contributed by atoms with Crippen LogP contribution < -0.4 is 49.1 Å². The molecule has 0 fully saturated rings. The second-order valence-electron chi connectivity index (χ2n) is 12.5. The van der Waals surface area contributed by atoms with Crippen LogP contribution in [0.3, 0.4) is 0 Å². The average Bonchev–Trinajstić information content (AvgIpc) is 3.83. The number of carboxylic acid groups (broad SMARTS) is 1. The second-order valence-corrected chi connectivity index (χ2v) is 12.5. The van der Waals surface area contributed by atoms with E-state index < -0.39 is 96.4 Å². The van der Waals surface area contributed by atoms with Gasteiger partial charge in [-0.3, -0.25) is 33.8 Å². The lowest BCUT2D eigenvalue weighted by Gasteiger charge is -2.27. The fourth-order valence-corrected chi connectivity index (χ4v) is 4.83. The predicted octanol–water partition coefficient (Wildman–Crippen LogP) is -6.29. The van der Waals surface area contributed by atoms with Crippen molar-refractivity contribution in [3.05, 3.63) is 36.4 Å². The molecule has 0 aliphatic carbocycles. The maximum absolute atomic E-state index is 13.2. The molecule has 0 saturated carbocycles. The Morgan fingerprint density at radius 1 is 0.745 bits per heavy atom. The number of carbonyl (C=O) groups is 7. The molecule has 24 nitrogen and oxygen atoms in total. The number of guanidine groups is 1. The van der Waals surface area contributed by atoms with E-state index in [-0.39, 0.29) is 38.2 Å². The summed E-state index contributed by atoms with van der Waals surface area (Å²) in [6.45, 7) is 2.94. The number of amides is 6. The molecule has 24 heteroatoms. The van der Waals surface area contributed by atoms with Crippen molar-refractivity contribution in [3.8, 4) is 0 Å². The van der Waals surface area contributed by atoms with Gasteiger partial charge in [-0.05, 0) is 33.6 Å². The van der Waals surface area contributed by atoms with Crippen LogP contribution in [0, 0.1) is 0 Å². The van der Waals surface area contributed by atoms with E-state index >= 15 is 0 Å². The quantitative estimate of drug-likeness (QED) is 0.0283. The van der Waals surface area contributed by atoms with E-state index in [2.05, 4.69) is 56.8 Å². The molecule has 0 aliphatic rings. The molecule has 0 unspecified atom stereocenters. The molecule has 2 aromatic heterocycles. The van der Waals surface area contributed by atoms with E-state index in [0.29, 0.717) is 11.4 Å². The lowest BCUT2D eigenvalue weighted by Crippen LogP contribution is -2.62. The largest absolute Gasteiger partial charge is 0.480 e. The minimum Gasteiger partial charge on any atom is -0.480 e. The number of aromatic nitrogens is 4. The van der Waals surface area contributed by atoms with Crippen LogP contribution >= 0.6 is 0 Å². The first kappa shape index (κ1) is 45.0. The summed E-state index contributed by atoms with van der Waals surface area (Å²) < 4.78 is 0. The number of aliphatic hydroxyl groups is 2. The number of aliphatic carboxylic acids is 1. The summed E-state index contributed by atoms with van der Waals surface area (Å²) in [5, 5.41) is 43.9. The molecular formula is C31H50N14O10. The van der Waals surface area contributed by atoms with E-state index in [1.54, 1.807) is 0 Å². The molecule has 0 saturated heterocycles. The molecule has 2 heterocycles. The standard InChI is InChI=1S/C31H50N14O10/c1-14(25(49)42-20(30(54)55)5-4-6-37-31(33)34)41-28(52)24(16(3)47)45-29(53)23(15(2)46)44-22(48)11-38-27(51)21(8-18-10-36-13-40-18)43-26(50)19(32)7-17-9-35-12-39-17/h9-10,12-16,19-21,23-24,46-47H,4-8,11,32H2,1-3H3,(H,35,39)(H,36,40)(H,38,51)(H,41,52)(H,42,49)(H,43,50)(H,44,48)(H,45,53)(H,54,55)(H4,33,34,37)/t14-,15+,16+,19-,20-,21-,23-,24-/m0/s1. The number of carbonyl (C=O) groups excluding carboxylic acids is 6. The summed E-state index contributed by atoms with van der Waals surface area (Å²) in [5.74, 6) is -7.01. The molecule has 0 aromatic carbocycles. The Bertz CT molecular complexity index is 1610. The predicted molar refractivity (Wildman–Crippen MR) is 192 cm³/mol. The van der Waals surface area contributed by atoms with Crippen LogP contribution in [-0.4, -0.2) is 144 Å². The van der Waals surface area contributed by atoms with Gasteiger partial charge in [-0.2, -0.15) is 0 Å². The van der Waals surface area contributed by atoms with Crippen molar-refractivity contribution in [2.45, 2.75) is 94.9 Å². The zero-order chi connectivity index (χ0) is 41.2. The van der Waals surface area contributed by atoms with E-state index in [1.807, 2.05) is 0 Å². The van der Waals surface area contributed by atoms with E-state index in [9.17, 15) is 48.9 Å². The van der Waals surface area contributed by atoms with Crippen LogP contribution in [0.2, 0.25) is 0 Å². The highest BCUT2D eigenvalue weighted by atomic mass is 16.4. The number of nitrogens with one attached hydrogen (secondary N) is 8. The third-order valence-electron chi connectivity index (χ3n) is 7.82. The van der Waals surface area contributed by atoms with Gasteiger partial charge in [0.05, 0.1) is 37.4 Å². The van der Waals surface area contributed by atoms with Crippen LogP contribution in [0.15, 0.2) is 30.0 Å². The molecule has 2 rings (SSSR count). The lowest BCUT2D eigenvalue weighted by atomic mass is 10.1. The first-order valence-corrected chi connectivity index (χ1v) is 17.0. The Labute approximate surface area is 314 Å². The third-order valence-corrected chi connectivity index (χ3v) is 7.82. The highest BCUT2D eigenvalue weighted by Gasteiger charge is 2.34. The molecule has 8 atom stereocenters. The van der Waals surface area contributed by atoms with Crippen molar-refractivity contribution in [2.24, 2.45) is 22.2 Å². The molecular weight excluding hydrogens is 728 g/mol. The number of aromatic amines is 2. The van der Waals surface area contributed by atoms with Crippen LogP contribution in [-0.2, 0) is 46.4 Å². The van der Waals surface area contributed by atoms with Crippen molar-refractivity contribution in [2.75, 3.05) is 13.1 Å². The molecule has 2 aromatic rings. The normalized spacial score (nSPS) is 15.3. The number of imidazole rings is 2. The number of rotatable bonds is 23. The van der Waals surface area contributed by atoms with Crippen molar-refractivity contribution in [3.63, 3.8) is 0 Å². The number of hydrogen-bond donors (Lipinski definition) is 14. The van der Waals surface area contributed by atoms with Gasteiger partial charge in [0.25, 0.3) is 0 Å². The van der Waals surface area contributed by atoms with Crippen LogP contribution in [0.1, 0.15) is 45.0 Å². The molecule has 0 aliphatic heterocycles. The highest BCUT2D eigenvalue weighted by molar-refractivity contribution is 5.96. The lowest BCUT2D eigenvalue weighted by molar-refractivity contribution is -0.142. The first-order chi connectivity index (χ1) is 25.9. The van der Waals surface area contributed by atoms with Crippen LogP contribution in [0.25, 0.3) is 0 Å². The number of hydrogen-bond acceptors (Lipinski definition) is 13. The molecule has 6 amide bonds. The summed E-state index contributed by atoms with van der Waals surface area (Å²) in [4.78, 5) is 106. The smallest absolute Gasteiger partial charge is 0.326 e. The van der Waals surface area contributed by atoms with Gasteiger partial charge < -0.3 is 74.4 Å². The van der Waals surface area contributed by atoms with Crippen molar-refractivity contribution >= 4 is 47.4 Å². The number of carboxylic acids is 1. The number of H-pyrrole nitrogens is 2. The molecule has 55 heavy (non-hydrogen) atoms. The fraction of sp³-hybridized carbons (Fsp3) is 0.548. The third kappa shape index (κ3) is 15.8. The van der Waals surface area contributed by atoms with Crippen molar-refractivity contribution in [1.29, 1.82) is 0 Å². The summed E-state index contributed by atoms with van der Waals surface area (Å²) in [7, 11) is 0. The molecule has 0 bridgehead atoms. The monoisotopic (exact) mass is 778 g/mol. The van der Waals surface area contributed by atoms with Gasteiger partial charge in [-0.1, -0.05) is 0 Å². The average molecular weight is 779 g/mol. The Hall–Kier alpha value is -6.14. The van der Waals surface area contributed by atoms with Crippen molar-refractivity contribution < 1.29 is 48.9 Å². The van der Waals surface area contributed by atoms with Gasteiger partial charge in [-0.15, -0.1) is 0 Å². The van der Waals surface area contributed by atoms with E-state index in [0.717, 1.165) is 13.8 Å². The van der Waals surface area contributed by atoms with Crippen LogP contribution in [0.5, 0.6) is 0 Å². The Morgan fingerprint density at radius 3 is 1.82 bits per heavy atom. The number of nitrogens with two attached hydrogens (primary N) is 3. The molecule has 0 spiro atoms. The first-order valence-electron chi connectivity index (χ1n) is 17.0. The summed E-state index contributed by atoms with van der Waals surface area (Å²) in [6.07, 6.45) is 2.82.